The van der Waals surface area contributed by atoms with Crippen LogP contribution in [0.15, 0.2) is 63.5 Å². The predicted molar refractivity (Wildman–Crippen MR) is 135 cm³/mol. The topological polar surface area (TPSA) is 102 Å². The number of urea groups is 1. The SMILES string of the molecule is C=CCn1c(SCC2=C(C(=O)OCC)CNC(=O)N2)nc2scc(-c3ccc(C)cc3)c2c1=O. The largest absolute Gasteiger partial charge is 0.463 e. The van der Waals surface area contributed by atoms with Crippen molar-refractivity contribution in [2.45, 2.75) is 25.5 Å². The molecule has 1 aliphatic heterocycles. The lowest BCUT2D eigenvalue weighted by Gasteiger charge is -2.21. The standard InChI is InChI=1S/C24H24N4O4S2/c1-4-10-28-21(29)19-17(15-8-6-14(3)7-9-15)12-33-20(19)27-24(28)34-13-18-16(22(30)32-5-2)11-25-23(31)26-18/h4,6-9,12H,1,5,10-11,13H2,2-3H3,(H2,25,26,31). The van der Waals surface area contributed by atoms with Gasteiger partial charge in [0.1, 0.15) is 4.83 Å². The van der Waals surface area contributed by atoms with Crippen molar-refractivity contribution < 1.29 is 14.3 Å². The van der Waals surface area contributed by atoms with Gasteiger partial charge in [-0.05, 0) is 19.4 Å². The van der Waals surface area contributed by atoms with E-state index in [1.54, 1.807) is 17.6 Å². The van der Waals surface area contributed by atoms with Crippen LogP contribution in [-0.2, 0) is 16.1 Å². The van der Waals surface area contributed by atoms with Gasteiger partial charge in [-0.25, -0.2) is 14.6 Å². The monoisotopic (exact) mass is 496 g/mol. The first-order valence-electron chi connectivity index (χ1n) is 10.7. The Labute approximate surface area is 204 Å². The van der Waals surface area contributed by atoms with E-state index in [0.29, 0.717) is 26.6 Å². The highest BCUT2D eigenvalue weighted by Crippen LogP contribution is 2.32. The first-order valence-corrected chi connectivity index (χ1v) is 12.6. The Balaban J connectivity index is 1.72. The molecule has 3 aromatic rings. The Morgan fingerprint density at radius 3 is 2.79 bits per heavy atom. The molecule has 10 heteroatoms. The van der Waals surface area contributed by atoms with Gasteiger partial charge in [-0.3, -0.25) is 9.36 Å². The number of amides is 2. The average molecular weight is 497 g/mol. The van der Waals surface area contributed by atoms with E-state index in [1.165, 1.54) is 23.1 Å². The third-order valence-corrected chi connectivity index (χ3v) is 7.13. The van der Waals surface area contributed by atoms with E-state index in [-0.39, 0.29) is 31.0 Å². The molecule has 34 heavy (non-hydrogen) atoms. The molecule has 0 aliphatic carbocycles. The number of thioether (sulfide) groups is 1. The van der Waals surface area contributed by atoms with Crippen LogP contribution in [0.3, 0.4) is 0 Å². The van der Waals surface area contributed by atoms with Crippen LogP contribution in [-0.4, -0.2) is 40.5 Å². The smallest absolute Gasteiger partial charge is 0.337 e. The van der Waals surface area contributed by atoms with Crippen molar-refractivity contribution in [3.05, 3.63) is 69.5 Å². The molecule has 0 radical (unpaired) electrons. The lowest BCUT2D eigenvalue weighted by molar-refractivity contribution is -0.138. The average Bonchev–Trinajstić information content (AvgIpc) is 3.24. The number of rotatable bonds is 8. The van der Waals surface area contributed by atoms with E-state index in [9.17, 15) is 14.4 Å². The van der Waals surface area contributed by atoms with E-state index in [2.05, 4.69) is 17.2 Å². The minimum atomic E-state index is -0.488. The lowest BCUT2D eigenvalue weighted by Crippen LogP contribution is -2.44. The van der Waals surface area contributed by atoms with Gasteiger partial charge in [0.05, 0.1) is 24.1 Å². The summed E-state index contributed by atoms with van der Waals surface area (Å²) in [6, 6.07) is 7.64. The van der Waals surface area contributed by atoms with E-state index >= 15 is 0 Å². The predicted octanol–water partition coefficient (Wildman–Crippen LogP) is 3.84. The number of ether oxygens (including phenoxy) is 1. The minimum Gasteiger partial charge on any atom is -0.463 e. The van der Waals surface area contributed by atoms with Gasteiger partial charge in [-0.2, -0.15) is 0 Å². The molecular weight excluding hydrogens is 472 g/mol. The molecule has 0 saturated carbocycles. The molecular formula is C24H24N4O4S2. The number of aryl methyl sites for hydroxylation is 1. The summed E-state index contributed by atoms with van der Waals surface area (Å²) in [5, 5.41) is 8.28. The molecule has 3 heterocycles. The second-order valence-corrected chi connectivity index (χ2v) is 9.37. The van der Waals surface area contributed by atoms with Crippen LogP contribution >= 0.6 is 23.1 Å². The molecule has 8 nitrogen and oxygen atoms in total. The number of carbonyl (C=O) groups excluding carboxylic acids is 2. The number of nitrogens with zero attached hydrogens (tertiary/aromatic N) is 2. The van der Waals surface area contributed by atoms with Gasteiger partial charge in [-0.1, -0.05) is 47.7 Å². The van der Waals surface area contributed by atoms with E-state index < -0.39 is 12.0 Å². The number of carbonyl (C=O) groups is 2. The molecule has 0 atom stereocenters. The molecule has 0 fully saturated rings. The molecule has 0 spiro atoms. The van der Waals surface area contributed by atoms with Gasteiger partial charge < -0.3 is 15.4 Å². The van der Waals surface area contributed by atoms with Crippen LogP contribution in [0.1, 0.15) is 12.5 Å². The highest BCUT2D eigenvalue weighted by molar-refractivity contribution is 7.99. The quantitative estimate of drug-likeness (QED) is 0.213. The van der Waals surface area contributed by atoms with Gasteiger partial charge in [0.2, 0.25) is 0 Å². The number of hydrogen-bond donors (Lipinski definition) is 2. The minimum absolute atomic E-state index is 0.0807. The number of esters is 1. The Morgan fingerprint density at radius 2 is 2.09 bits per heavy atom. The summed E-state index contributed by atoms with van der Waals surface area (Å²) in [4.78, 5) is 43.1. The Kier molecular flexibility index (Phi) is 7.18. The fourth-order valence-electron chi connectivity index (χ4n) is 3.56. The number of nitrogens with one attached hydrogen (secondary N) is 2. The zero-order chi connectivity index (χ0) is 24.2. The third-order valence-electron chi connectivity index (χ3n) is 5.25. The fourth-order valence-corrected chi connectivity index (χ4v) is 5.54. The fraction of sp³-hybridized carbons (Fsp3) is 0.250. The normalized spacial score (nSPS) is 13.5. The van der Waals surface area contributed by atoms with Crippen LogP contribution in [0.4, 0.5) is 4.79 Å². The van der Waals surface area contributed by atoms with Gasteiger partial charge in [-0.15, -0.1) is 17.9 Å². The second kappa shape index (κ2) is 10.3. The van der Waals surface area contributed by atoms with Crippen molar-refractivity contribution in [3.8, 4) is 11.1 Å². The maximum Gasteiger partial charge on any atom is 0.337 e. The van der Waals surface area contributed by atoms with Crippen molar-refractivity contribution in [3.63, 3.8) is 0 Å². The van der Waals surface area contributed by atoms with Crippen molar-refractivity contribution in [2.24, 2.45) is 0 Å². The summed E-state index contributed by atoms with van der Waals surface area (Å²) in [7, 11) is 0. The molecule has 1 aromatic carbocycles. The van der Waals surface area contributed by atoms with Gasteiger partial charge in [0.15, 0.2) is 5.16 Å². The molecule has 1 aliphatic rings. The van der Waals surface area contributed by atoms with E-state index in [1.807, 2.05) is 36.6 Å². The van der Waals surface area contributed by atoms with Crippen LogP contribution < -0.4 is 16.2 Å². The molecule has 2 N–H and O–H groups in total. The zero-order valence-electron chi connectivity index (χ0n) is 18.8. The van der Waals surface area contributed by atoms with Crippen LogP contribution in [0, 0.1) is 6.92 Å². The molecule has 4 rings (SSSR count). The first-order chi connectivity index (χ1) is 16.4. The Morgan fingerprint density at radius 1 is 1.32 bits per heavy atom. The molecule has 0 bridgehead atoms. The maximum atomic E-state index is 13.5. The summed E-state index contributed by atoms with van der Waals surface area (Å²) in [6.45, 7) is 8.12. The number of aromatic nitrogens is 2. The van der Waals surface area contributed by atoms with E-state index in [4.69, 9.17) is 9.72 Å². The Bertz CT molecular complexity index is 1360. The molecule has 2 amide bonds. The van der Waals surface area contributed by atoms with Gasteiger partial charge in [0, 0.05) is 28.9 Å². The third kappa shape index (κ3) is 4.78. The molecule has 2 aromatic heterocycles. The molecule has 0 saturated heterocycles. The van der Waals surface area contributed by atoms with Gasteiger partial charge >= 0.3 is 12.0 Å². The number of hydrogen-bond acceptors (Lipinski definition) is 7. The van der Waals surface area contributed by atoms with Crippen molar-refractivity contribution in [1.82, 2.24) is 20.2 Å². The summed E-state index contributed by atoms with van der Waals surface area (Å²) < 4.78 is 6.68. The number of benzene rings is 1. The summed E-state index contributed by atoms with van der Waals surface area (Å²) >= 11 is 2.69. The highest BCUT2D eigenvalue weighted by Gasteiger charge is 2.24. The Hall–Kier alpha value is -3.37. The lowest BCUT2D eigenvalue weighted by atomic mass is 10.1. The first kappa shape index (κ1) is 23.8. The van der Waals surface area contributed by atoms with Crippen LogP contribution in [0.5, 0.6) is 0 Å². The van der Waals surface area contributed by atoms with Crippen molar-refractivity contribution >= 4 is 45.3 Å². The number of allylic oxidation sites excluding steroid dienone is 1. The molecule has 0 unspecified atom stereocenters. The van der Waals surface area contributed by atoms with E-state index in [0.717, 1.165) is 16.7 Å². The highest BCUT2D eigenvalue weighted by atomic mass is 32.2. The van der Waals surface area contributed by atoms with Crippen LogP contribution in [0.25, 0.3) is 21.3 Å². The number of fused-ring (bicyclic) bond motifs is 1. The summed E-state index contributed by atoms with van der Waals surface area (Å²) in [6.07, 6.45) is 1.65. The summed E-state index contributed by atoms with van der Waals surface area (Å²) in [5.41, 5.74) is 3.60. The maximum absolute atomic E-state index is 13.5. The van der Waals surface area contributed by atoms with Crippen molar-refractivity contribution in [1.29, 1.82) is 0 Å². The van der Waals surface area contributed by atoms with Crippen LogP contribution in [0.2, 0.25) is 0 Å². The second-order valence-electron chi connectivity index (χ2n) is 7.57. The van der Waals surface area contributed by atoms with Crippen molar-refractivity contribution in [2.75, 3.05) is 18.9 Å². The number of thiophene rings is 1. The summed E-state index contributed by atoms with van der Waals surface area (Å²) in [5.74, 6) is -0.245. The van der Waals surface area contributed by atoms with Gasteiger partial charge in [0.25, 0.3) is 5.56 Å². The molecule has 176 valence electrons. The zero-order valence-corrected chi connectivity index (χ0v) is 20.5.